The molecular formula is C22H26N2O2. The van der Waals surface area contributed by atoms with Gasteiger partial charge in [-0.3, -0.25) is 9.59 Å². The van der Waals surface area contributed by atoms with E-state index in [0.29, 0.717) is 11.4 Å². The van der Waals surface area contributed by atoms with Crippen molar-refractivity contribution in [3.8, 4) is 0 Å². The number of H-pyrrole nitrogens is 2. The molecule has 0 bridgehead atoms. The number of aldehydes is 2. The lowest BCUT2D eigenvalue weighted by Gasteiger charge is -2.21. The Bertz CT molecular complexity index is 849. The minimum atomic E-state index is -0.00491. The van der Waals surface area contributed by atoms with E-state index in [2.05, 4.69) is 42.0 Å². The summed E-state index contributed by atoms with van der Waals surface area (Å²) in [6, 6.07) is 0. The second kappa shape index (κ2) is 7.32. The summed E-state index contributed by atoms with van der Waals surface area (Å²) in [7, 11) is 0. The van der Waals surface area contributed by atoms with Gasteiger partial charge in [0.2, 0.25) is 0 Å². The Morgan fingerprint density at radius 1 is 0.962 bits per heavy atom. The average Bonchev–Trinajstić information content (AvgIpc) is 3.34. The Morgan fingerprint density at radius 3 is 1.81 bits per heavy atom. The molecule has 0 spiro atoms. The van der Waals surface area contributed by atoms with Crippen LogP contribution in [-0.2, 0) is 12.8 Å². The van der Waals surface area contributed by atoms with Crippen LogP contribution in [0.3, 0.4) is 0 Å². The number of hydrogen-bond acceptors (Lipinski definition) is 2. The molecule has 2 aromatic rings. The van der Waals surface area contributed by atoms with E-state index in [0.717, 1.165) is 54.3 Å². The molecule has 2 heterocycles. The first-order valence-electron chi connectivity index (χ1n) is 9.25. The van der Waals surface area contributed by atoms with E-state index in [1.165, 1.54) is 16.7 Å². The van der Waals surface area contributed by atoms with Gasteiger partial charge in [-0.05, 0) is 55.4 Å². The Hall–Kier alpha value is -2.62. The zero-order valence-corrected chi connectivity index (χ0v) is 15.9. The first-order chi connectivity index (χ1) is 12.6. The maximum Gasteiger partial charge on any atom is 0.166 e. The van der Waals surface area contributed by atoms with Crippen molar-refractivity contribution in [2.24, 2.45) is 0 Å². The van der Waals surface area contributed by atoms with E-state index in [1.54, 1.807) is 0 Å². The number of allylic oxidation sites excluding steroid dienone is 4. The lowest BCUT2D eigenvalue weighted by molar-refractivity contribution is 0.111. The Kier molecular flexibility index (Phi) is 5.12. The average molecular weight is 350 g/mol. The van der Waals surface area contributed by atoms with Crippen LogP contribution in [0.1, 0.15) is 80.8 Å². The highest BCUT2D eigenvalue weighted by Crippen LogP contribution is 2.40. The van der Waals surface area contributed by atoms with Gasteiger partial charge in [0.15, 0.2) is 12.6 Å². The molecule has 136 valence electrons. The highest BCUT2D eigenvalue weighted by molar-refractivity contribution is 5.77. The normalized spacial score (nSPS) is 13.5. The van der Waals surface area contributed by atoms with Crippen LogP contribution in [0, 0.1) is 13.8 Å². The Morgan fingerprint density at radius 2 is 1.46 bits per heavy atom. The van der Waals surface area contributed by atoms with Crippen molar-refractivity contribution in [3.63, 3.8) is 0 Å². The minimum Gasteiger partial charge on any atom is -0.355 e. The van der Waals surface area contributed by atoms with Crippen LogP contribution in [0.2, 0.25) is 0 Å². The van der Waals surface area contributed by atoms with Crippen molar-refractivity contribution in [3.05, 3.63) is 68.8 Å². The van der Waals surface area contributed by atoms with E-state index in [1.807, 2.05) is 13.8 Å². The molecule has 0 saturated carbocycles. The second-order valence-electron chi connectivity index (χ2n) is 6.86. The monoisotopic (exact) mass is 350 g/mol. The quantitative estimate of drug-likeness (QED) is 0.709. The van der Waals surface area contributed by atoms with Gasteiger partial charge in [0.25, 0.3) is 0 Å². The number of carbonyl (C=O) groups is 2. The predicted octanol–water partition coefficient (Wildman–Crippen LogP) is 4.73. The third-order valence-electron chi connectivity index (χ3n) is 5.59. The molecule has 2 N–H and O–H groups in total. The molecule has 0 unspecified atom stereocenters. The van der Waals surface area contributed by atoms with E-state index < -0.39 is 0 Å². The van der Waals surface area contributed by atoms with Crippen molar-refractivity contribution in [1.29, 1.82) is 0 Å². The van der Waals surface area contributed by atoms with Crippen molar-refractivity contribution < 1.29 is 9.59 Å². The molecule has 0 aromatic carbocycles. The van der Waals surface area contributed by atoms with Gasteiger partial charge in [-0.1, -0.05) is 37.6 Å². The second-order valence-corrected chi connectivity index (χ2v) is 6.86. The molecule has 0 radical (unpaired) electrons. The van der Waals surface area contributed by atoms with Crippen LogP contribution in [-0.4, -0.2) is 22.5 Å². The maximum atomic E-state index is 11.5. The third kappa shape index (κ3) is 2.79. The van der Waals surface area contributed by atoms with Gasteiger partial charge in [-0.25, -0.2) is 0 Å². The molecule has 3 rings (SSSR count). The lowest BCUT2D eigenvalue weighted by Crippen LogP contribution is -2.10. The van der Waals surface area contributed by atoms with Crippen LogP contribution < -0.4 is 0 Å². The van der Waals surface area contributed by atoms with Crippen LogP contribution in [0.15, 0.2) is 23.8 Å². The topological polar surface area (TPSA) is 65.7 Å². The van der Waals surface area contributed by atoms with Crippen LogP contribution >= 0.6 is 0 Å². The molecule has 4 nitrogen and oxygen atoms in total. The summed E-state index contributed by atoms with van der Waals surface area (Å²) in [6.07, 6.45) is 10.7. The van der Waals surface area contributed by atoms with Crippen molar-refractivity contribution >= 4 is 12.6 Å². The largest absolute Gasteiger partial charge is 0.355 e. The summed E-state index contributed by atoms with van der Waals surface area (Å²) >= 11 is 0. The maximum absolute atomic E-state index is 11.5. The molecule has 26 heavy (non-hydrogen) atoms. The van der Waals surface area contributed by atoms with Crippen molar-refractivity contribution in [1.82, 2.24) is 9.97 Å². The number of carbonyl (C=O) groups excluding carboxylic acids is 2. The fraction of sp³-hybridized carbons (Fsp3) is 0.364. The molecule has 0 fully saturated rings. The molecule has 0 aliphatic heterocycles. The van der Waals surface area contributed by atoms with Gasteiger partial charge in [-0.15, -0.1) is 0 Å². The van der Waals surface area contributed by atoms with Gasteiger partial charge in [-0.2, -0.15) is 0 Å². The summed E-state index contributed by atoms with van der Waals surface area (Å²) < 4.78 is 0. The van der Waals surface area contributed by atoms with Gasteiger partial charge < -0.3 is 9.97 Å². The molecule has 2 aromatic heterocycles. The first-order valence-corrected chi connectivity index (χ1v) is 9.25. The van der Waals surface area contributed by atoms with Crippen LogP contribution in [0.25, 0.3) is 0 Å². The molecular weight excluding hydrogens is 324 g/mol. The molecule has 0 amide bonds. The fourth-order valence-electron chi connectivity index (χ4n) is 4.19. The molecule has 0 saturated heterocycles. The Labute approximate surface area is 154 Å². The number of aromatic nitrogens is 2. The molecule has 0 atom stereocenters. The Balaban J connectivity index is 2.27. The van der Waals surface area contributed by atoms with E-state index in [-0.39, 0.29) is 5.92 Å². The van der Waals surface area contributed by atoms with Crippen molar-refractivity contribution in [2.75, 3.05) is 0 Å². The summed E-state index contributed by atoms with van der Waals surface area (Å²) in [5.41, 5.74) is 9.10. The first kappa shape index (κ1) is 18.2. The molecule has 1 aliphatic carbocycles. The summed E-state index contributed by atoms with van der Waals surface area (Å²) in [5, 5.41) is 0. The number of nitrogens with one attached hydrogen (secondary N) is 2. The van der Waals surface area contributed by atoms with Crippen LogP contribution in [0.4, 0.5) is 0 Å². The third-order valence-corrected chi connectivity index (χ3v) is 5.59. The van der Waals surface area contributed by atoms with Gasteiger partial charge in [0.1, 0.15) is 0 Å². The van der Waals surface area contributed by atoms with E-state index in [4.69, 9.17) is 0 Å². The van der Waals surface area contributed by atoms with E-state index in [9.17, 15) is 9.59 Å². The number of hydrogen-bond donors (Lipinski definition) is 2. The summed E-state index contributed by atoms with van der Waals surface area (Å²) in [4.78, 5) is 29.8. The fourth-order valence-corrected chi connectivity index (χ4v) is 4.19. The van der Waals surface area contributed by atoms with Gasteiger partial charge in [0, 0.05) is 11.4 Å². The van der Waals surface area contributed by atoms with Gasteiger partial charge in [0.05, 0.1) is 17.3 Å². The minimum absolute atomic E-state index is 0.00491. The number of rotatable bonds is 7. The molecule has 4 heteroatoms. The van der Waals surface area contributed by atoms with E-state index >= 15 is 0 Å². The number of aromatic amines is 2. The molecule has 1 aliphatic rings. The summed E-state index contributed by atoms with van der Waals surface area (Å²) in [6.45, 7) is 8.23. The van der Waals surface area contributed by atoms with Gasteiger partial charge >= 0.3 is 0 Å². The standard InChI is InChI=1S/C22H26N2O2/c1-5-16-13(3)18(11-25)23-21(16)20(15-9-7-8-10-15)22-17(6-2)14(4)19(12-26)24-22/h7-9,11-12,20,23-24H,5-6,10H2,1-4H3. The highest BCUT2D eigenvalue weighted by atomic mass is 16.1. The summed E-state index contributed by atoms with van der Waals surface area (Å²) in [5.74, 6) is -0.00491. The smallest absolute Gasteiger partial charge is 0.166 e. The van der Waals surface area contributed by atoms with Crippen molar-refractivity contribution in [2.45, 2.75) is 52.9 Å². The predicted molar refractivity (Wildman–Crippen MR) is 104 cm³/mol. The highest BCUT2D eigenvalue weighted by Gasteiger charge is 2.29. The zero-order valence-electron chi connectivity index (χ0n) is 15.9. The zero-order chi connectivity index (χ0) is 18.8. The lowest BCUT2D eigenvalue weighted by atomic mass is 9.85. The SMILES string of the molecule is CCc1c(C(C2=CC=CC2)c2[nH]c(C=O)c(C)c2CC)[nH]c(C=O)c1C. The van der Waals surface area contributed by atoms with Crippen LogP contribution in [0.5, 0.6) is 0 Å².